The van der Waals surface area contributed by atoms with Crippen molar-refractivity contribution in [1.29, 1.82) is 0 Å². The predicted molar refractivity (Wildman–Crippen MR) is 423 cm³/mol. The van der Waals surface area contributed by atoms with E-state index in [1.807, 2.05) is 85.8 Å². The summed E-state index contributed by atoms with van der Waals surface area (Å²) in [4.78, 5) is 100. The van der Waals surface area contributed by atoms with Crippen LogP contribution in [0.25, 0.3) is 33.1 Å². The fourth-order valence-corrected chi connectivity index (χ4v) is 14.4. The molecule has 550 valence electrons. The number of rotatable bonds is 19. The van der Waals surface area contributed by atoms with Gasteiger partial charge in [0.1, 0.15) is 23.9 Å². The van der Waals surface area contributed by atoms with Crippen molar-refractivity contribution in [1.82, 2.24) is 28.7 Å². The Balaban J connectivity index is 0.000000136. The number of benzene rings is 9. The van der Waals surface area contributed by atoms with E-state index in [1.165, 1.54) is 24.5 Å². The number of H-pyrrole nitrogens is 3. The van der Waals surface area contributed by atoms with Gasteiger partial charge in [-0.25, -0.2) is 18.8 Å². The molecule has 3 aliphatic heterocycles. The Kier molecular flexibility index (Phi) is 22.0. The van der Waals surface area contributed by atoms with Crippen LogP contribution in [0.1, 0.15) is 105 Å². The van der Waals surface area contributed by atoms with E-state index >= 15 is 0 Å². The topological polar surface area (TPSA) is 298 Å². The second-order valence-corrected chi connectivity index (χ2v) is 28.7. The van der Waals surface area contributed by atoms with Gasteiger partial charge in [-0.2, -0.15) is 0 Å². The highest BCUT2D eigenvalue weighted by Crippen LogP contribution is 2.40. The standard InChI is InChI=1S/C29H27ClN4O3.C27H24ClFN4O3.C27H25ClN4O3/c30-21-9-11-23-22(16-21)27(20-8-10-24-26(15-20)34(12-1-13-35)29(37)33-24)31-25(28(36)32-23)14-17-2-4-18(5-3-17)19-6-7-19;1-15-3-4-16(20(29)11-15)12-23-26(35)31-21-8-6-18(28)14-19(21)25(30-23)17-5-7-22-24(13-17)33(9-2-10-34)27(36)32-22;1-16-3-5-17(6-4-16)13-23-26(34)30-21-10-8-19(28)15-20(21)25(29-23)18-7-9-22-24(14-18)32(11-2-12-33)27(35)31-22/h2-5,8-11,15-16,19,25,35H,1,6-7,12-14H2,(H,32,36)(H,33,37);3-8,11,13-14,23,34H,2,9-10,12H2,1H3,(H,31,35)(H,32,36);3-10,14-15,23,33H,2,11-13H2,1H3,(H,30,34)(H,31,35). The van der Waals surface area contributed by atoms with Gasteiger partial charge in [0.2, 0.25) is 17.7 Å². The van der Waals surface area contributed by atoms with Gasteiger partial charge < -0.3 is 46.2 Å². The minimum atomic E-state index is -0.887. The molecule has 4 aliphatic rings. The lowest BCUT2D eigenvalue weighted by Gasteiger charge is -2.13. The highest BCUT2D eigenvalue weighted by Gasteiger charge is 2.32. The lowest BCUT2D eigenvalue weighted by atomic mass is 9.99. The van der Waals surface area contributed by atoms with Crippen molar-refractivity contribution in [2.24, 2.45) is 15.0 Å². The van der Waals surface area contributed by atoms with E-state index in [4.69, 9.17) is 49.8 Å². The molecule has 6 heterocycles. The van der Waals surface area contributed by atoms with E-state index in [-0.39, 0.29) is 66.8 Å². The Labute approximate surface area is 633 Å². The zero-order chi connectivity index (χ0) is 75.4. The van der Waals surface area contributed by atoms with E-state index in [0.29, 0.717) is 151 Å². The molecular formula is C83H76Cl3FN12O9. The number of imidazole rings is 3. The summed E-state index contributed by atoms with van der Waals surface area (Å²) in [6.07, 6.45) is 4.86. The third-order valence-corrected chi connectivity index (χ3v) is 20.3. The molecule has 9 aromatic carbocycles. The minimum Gasteiger partial charge on any atom is -0.396 e. The number of aliphatic hydroxyl groups is 3. The average Bonchev–Trinajstić information content (AvgIpc) is 1.61. The number of amides is 3. The number of carbonyl (C=O) groups is 3. The maximum Gasteiger partial charge on any atom is 0.326 e. The Bertz CT molecular complexity index is 5770. The normalized spacial score (nSPS) is 16.1. The van der Waals surface area contributed by atoms with Crippen LogP contribution in [0.4, 0.5) is 21.5 Å². The molecule has 25 heteroatoms. The summed E-state index contributed by atoms with van der Waals surface area (Å²) < 4.78 is 19.4. The number of fused-ring (bicyclic) bond motifs is 6. The quantitative estimate of drug-likeness (QED) is 0.0371. The number of aliphatic imine (C=N–C) groups is 3. The molecule has 108 heavy (non-hydrogen) atoms. The van der Waals surface area contributed by atoms with Crippen LogP contribution >= 0.6 is 34.8 Å². The number of carbonyl (C=O) groups excluding carboxylic acids is 3. The van der Waals surface area contributed by atoms with Crippen molar-refractivity contribution in [3.05, 3.63) is 295 Å². The van der Waals surface area contributed by atoms with Crippen LogP contribution in [0.2, 0.25) is 15.1 Å². The number of hydrogen-bond donors (Lipinski definition) is 9. The molecule has 9 N–H and O–H groups in total. The fraction of sp³-hybridized carbons (Fsp3) is 0.241. The maximum absolute atomic E-state index is 14.6. The summed E-state index contributed by atoms with van der Waals surface area (Å²) in [6.45, 7) is 4.91. The molecule has 3 unspecified atom stereocenters. The first kappa shape index (κ1) is 73.8. The Hall–Kier alpha value is -11.1. The van der Waals surface area contributed by atoms with Crippen molar-refractivity contribution in [2.75, 3.05) is 35.8 Å². The molecular weight excluding hydrogens is 1430 g/mol. The van der Waals surface area contributed by atoms with E-state index < -0.39 is 18.1 Å². The number of halogens is 4. The van der Waals surface area contributed by atoms with Crippen LogP contribution in [0.5, 0.6) is 0 Å². The van der Waals surface area contributed by atoms with Gasteiger partial charge >= 0.3 is 17.1 Å². The first-order chi connectivity index (χ1) is 52.3. The number of nitrogens with zero attached hydrogens (tertiary/aromatic N) is 6. The third kappa shape index (κ3) is 16.2. The smallest absolute Gasteiger partial charge is 0.326 e. The molecule has 3 aromatic heterocycles. The summed E-state index contributed by atoms with van der Waals surface area (Å²) in [5.74, 6) is -0.418. The maximum atomic E-state index is 14.6. The molecule has 3 amide bonds. The fourth-order valence-electron chi connectivity index (χ4n) is 13.9. The van der Waals surface area contributed by atoms with Crippen LogP contribution in [0, 0.1) is 19.7 Å². The molecule has 1 aliphatic carbocycles. The summed E-state index contributed by atoms with van der Waals surface area (Å²) in [5, 5.41) is 38.3. The Morgan fingerprint density at radius 1 is 0.417 bits per heavy atom. The van der Waals surface area contributed by atoms with Gasteiger partial charge in [0, 0.05) is 107 Å². The molecule has 0 bridgehead atoms. The van der Waals surface area contributed by atoms with Crippen LogP contribution in [-0.2, 0) is 53.3 Å². The van der Waals surface area contributed by atoms with Gasteiger partial charge in [0.05, 0.1) is 67.3 Å². The number of aryl methyl sites for hydroxylation is 5. The lowest BCUT2D eigenvalue weighted by molar-refractivity contribution is -0.118. The van der Waals surface area contributed by atoms with Crippen LogP contribution in [0.15, 0.2) is 205 Å². The molecule has 1 fully saturated rings. The summed E-state index contributed by atoms with van der Waals surface area (Å²) >= 11 is 19.0. The van der Waals surface area contributed by atoms with Crippen molar-refractivity contribution in [2.45, 2.75) is 109 Å². The molecule has 12 aromatic rings. The van der Waals surface area contributed by atoms with Gasteiger partial charge in [-0.05, 0) is 177 Å². The van der Waals surface area contributed by atoms with Crippen LogP contribution in [-0.4, -0.2) is 117 Å². The molecule has 0 spiro atoms. The summed E-state index contributed by atoms with van der Waals surface area (Å²) in [6, 6.07) is 51.8. The van der Waals surface area contributed by atoms with Gasteiger partial charge in [0.25, 0.3) is 0 Å². The molecule has 16 rings (SSSR count). The number of aromatic nitrogens is 6. The monoisotopic (exact) mass is 1510 g/mol. The number of hydrogen-bond acceptors (Lipinski definition) is 12. The van der Waals surface area contributed by atoms with Gasteiger partial charge in [-0.3, -0.25) is 43.1 Å². The van der Waals surface area contributed by atoms with Gasteiger partial charge in [0.15, 0.2) is 0 Å². The largest absolute Gasteiger partial charge is 0.396 e. The molecule has 0 radical (unpaired) electrons. The van der Waals surface area contributed by atoms with Crippen molar-refractivity contribution in [3.8, 4) is 0 Å². The lowest BCUT2D eigenvalue weighted by Crippen LogP contribution is -2.28. The zero-order valence-corrected chi connectivity index (χ0v) is 61.2. The van der Waals surface area contributed by atoms with Crippen LogP contribution < -0.4 is 33.0 Å². The van der Waals surface area contributed by atoms with Gasteiger partial charge in [-0.1, -0.05) is 119 Å². The van der Waals surface area contributed by atoms with E-state index in [0.717, 1.165) is 50.0 Å². The number of aromatic amines is 3. The van der Waals surface area contributed by atoms with E-state index in [2.05, 4.69) is 55.2 Å². The number of benzodiazepines with no additional fused rings is 3. The molecule has 21 nitrogen and oxygen atoms in total. The van der Waals surface area contributed by atoms with Crippen LogP contribution in [0.3, 0.4) is 0 Å². The number of anilines is 3. The second kappa shape index (κ2) is 32.1. The third-order valence-electron chi connectivity index (χ3n) is 19.6. The predicted octanol–water partition coefficient (Wildman–Crippen LogP) is 12.9. The Morgan fingerprint density at radius 2 is 0.769 bits per heavy atom. The molecule has 0 saturated heterocycles. The first-order valence-corrected chi connectivity index (χ1v) is 36.9. The van der Waals surface area contributed by atoms with Crippen molar-refractivity contribution < 1.29 is 34.1 Å². The van der Waals surface area contributed by atoms with Crippen molar-refractivity contribution in [3.63, 3.8) is 0 Å². The number of nitrogens with one attached hydrogen (secondary N) is 6. The molecule has 3 atom stereocenters. The number of aliphatic hydroxyl groups excluding tert-OH is 3. The average molecular weight is 1510 g/mol. The first-order valence-electron chi connectivity index (χ1n) is 35.7. The van der Waals surface area contributed by atoms with E-state index in [1.54, 1.807) is 87.4 Å². The molecule has 1 saturated carbocycles. The highest BCUT2D eigenvalue weighted by atomic mass is 35.5. The van der Waals surface area contributed by atoms with Crippen molar-refractivity contribution >= 4 is 120 Å². The van der Waals surface area contributed by atoms with E-state index in [9.17, 15) is 48.5 Å². The highest BCUT2D eigenvalue weighted by molar-refractivity contribution is 6.33. The SMILES string of the molecule is Cc1ccc(CC2N=C(c3ccc4[nH]c(=O)n(CCCO)c4c3)c3cc(Cl)ccc3NC2=O)c(F)c1.Cc1ccc(CC2N=C(c3ccc4[nH]c(=O)n(CCCO)c4c3)c3cc(Cl)ccc3NC2=O)cc1.O=C1Nc2ccc(Cl)cc2C(c2ccc3[nH]c(=O)n(CCCO)c3c2)=NC1Cc1ccc(C2CC2)cc1. The Morgan fingerprint density at radius 3 is 1.12 bits per heavy atom. The summed E-state index contributed by atoms with van der Waals surface area (Å²) in [7, 11) is 0. The van der Waals surface area contributed by atoms with Gasteiger partial charge in [-0.15, -0.1) is 0 Å². The minimum absolute atomic E-state index is 0.00547. The second-order valence-electron chi connectivity index (χ2n) is 27.4. The zero-order valence-electron chi connectivity index (χ0n) is 58.9. The summed E-state index contributed by atoms with van der Waals surface area (Å²) in [5.41, 5.74) is 17.1.